The molecule has 0 saturated carbocycles. The summed E-state index contributed by atoms with van der Waals surface area (Å²) >= 11 is 0. The summed E-state index contributed by atoms with van der Waals surface area (Å²) in [7, 11) is -1.40. The van der Waals surface area contributed by atoms with Gasteiger partial charge >= 0.3 is 7.12 Å². The molecule has 0 unspecified atom stereocenters. The minimum atomic E-state index is -1.40. The Labute approximate surface area is 72.2 Å². The zero-order valence-electron chi connectivity index (χ0n) is 7.50. The molecule has 1 aromatic heterocycles. The molecule has 0 aromatic carbocycles. The van der Waals surface area contributed by atoms with Gasteiger partial charge in [-0.3, -0.25) is 4.98 Å². The molecule has 0 bridgehead atoms. The van der Waals surface area contributed by atoms with Gasteiger partial charge in [0, 0.05) is 11.9 Å². The lowest BCUT2D eigenvalue weighted by Crippen LogP contribution is -2.35. The van der Waals surface area contributed by atoms with Crippen molar-refractivity contribution in [2.24, 2.45) is 0 Å². The van der Waals surface area contributed by atoms with E-state index in [1.165, 1.54) is 0 Å². The normalized spacial score (nSPS) is 10.1. The van der Waals surface area contributed by atoms with E-state index < -0.39 is 7.12 Å². The average Bonchev–Trinajstić information content (AvgIpc) is 1.97. The molecule has 1 aromatic rings. The van der Waals surface area contributed by atoms with Crippen LogP contribution in [0.1, 0.15) is 16.8 Å². The Hall–Kier alpha value is -0.865. The SMILES string of the molecule is Cc1cnc(C)c(C)c1B(O)O. The van der Waals surface area contributed by atoms with E-state index in [1.54, 1.807) is 6.20 Å². The van der Waals surface area contributed by atoms with Crippen molar-refractivity contribution in [2.45, 2.75) is 20.8 Å². The van der Waals surface area contributed by atoms with Crippen LogP contribution in [0.3, 0.4) is 0 Å². The molecule has 2 N–H and O–H groups in total. The van der Waals surface area contributed by atoms with Crippen LogP contribution in [0.2, 0.25) is 0 Å². The van der Waals surface area contributed by atoms with Crippen LogP contribution in [0.15, 0.2) is 6.20 Å². The molecule has 3 nitrogen and oxygen atoms in total. The average molecular weight is 165 g/mol. The van der Waals surface area contributed by atoms with E-state index in [-0.39, 0.29) is 0 Å². The van der Waals surface area contributed by atoms with Gasteiger partial charge in [-0.05, 0) is 37.4 Å². The number of nitrogens with zero attached hydrogens (tertiary/aromatic N) is 1. The molecule has 0 amide bonds. The van der Waals surface area contributed by atoms with Crippen molar-refractivity contribution in [3.63, 3.8) is 0 Å². The molecule has 1 heterocycles. The molecule has 64 valence electrons. The van der Waals surface area contributed by atoms with Crippen LogP contribution >= 0.6 is 0 Å². The number of aromatic nitrogens is 1. The van der Waals surface area contributed by atoms with E-state index >= 15 is 0 Å². The highest BCUT2D eigenvalue weighted by Gasteiger charge is 2.17. The third-order valence-corrected chi connectivity index (χ3v) is 2.08. The van der Waals surface area contributed by atoms with E-state index in [0.29, 0.717) is 5.46 Å². The highest BCUT2D eigenvalue weighted by molar-refractivity contribution is 6.59. The molecule has 1 rings (SSSR count). The zero-order chi connectivity index (χ0) is 9.30. The molecule has 12 heavy (non-hydrogen) atoms. The zero-order valence-corrected chi connectivity index (χ0v) is 7.50. The van der Waals surface area contributed by atoms with Gasteiger partial charge < -0.3 is 10.0 Å². The lowest BCUT2D eigenvalue weighted by molar-refractivity contribution is 0.425. The summed E-state index contributed by atoms with van der Waals surface area (Å²) in [5.41, 5.74) is 3.07. The van der Waals surface area contributed by atoms with Gasteiger partial charge in [0.15, 0.2) is 0 Å². The Morgan fingerprint density at radius 3 is 2.25 bits per heavy atom. The Morgan fingerprint density at radius 1 is 1.25 bits per heavy atom. The molecular weight excluding hydrogens is 153 g/mol. The van der Waals surface area contributed by atoms with Crippen molar-refractivity contribution in [1.29, 1.82) is 0 Å². The predicted octanol–water partition coefficient (Wildman–Crippen LogP) is -0.313. The van der Waals surface area contributed by atoms with E-state index in [4.69, 9.17) is 10.0 Å². The summed E-state index contributed by atoms with van der Waals surface area (Å²) in [4.78, 5) is 4.10. The molecule has 0 atom stereocenters. The van der Waals surface area contributed by atoms with E-state index in [2.05, 4.69) is 4.98 Å². The van der Waals surface area contributed by atoms with E-state index in [9.17, 15) is 0 Å². The van der Waals surface area contributed by atoms with Gasteiger partial charge in [-0.2, -0.15) is 0 Å². The number of hydrogen-bond acceptors (Lipinski definition) is 3. The molecule has 0 spiro atoms. The first-order chi connectivity index (χ1) is 5.54. The molecule has 0 radical (unpaired) electrons. The van der Waals surface area contributed by atoms with Crippen LogP contribution in [-0.4, -0.2) is 22.2 Å². The molecule has 0 fully saturated rings. The van der Waals surface area contributed by atoms with E-state index in [1.807, 2.05) is 20.8 Å². The Morgan fingerprint density at radius 2 is 1.83 bits per heavy atom. The standard InChI is InChI=1S/C8H12BNO2/c1-5-4-10-7(3)6(2)8(5)9(11)12/h4,11-12H,1-3H3. The maximum absolute atomic E-state index is 9.04. The van der Waals surface area contributed by atoms with Crippen LogP contribution in [0.25, 0.3) is 0 Å². The smallest absolute Gasteiger partial charge is 0.423 e. The van der Waals surface area contributed by atoms with Crippen molar-refractivity contribution >= 4 is 12.6 Å². The summed E-state index contributed by atoms with van der Waals surface area (Å²) in [5, 5.41) is 18.1. The maximum atomic E-state index is 9.04. The lowest BCUT2D eigenvalue weighted by Gasteiger charge is -2.09. The second-order valence-electron chi connectivity index (χ2n) is 2.94. The van der Waals surface area contributed by atoms with Gasteiger partial charge in [-0.15, -0.1) is 0 Å². The van der Waals surface area contributed by atoms with Crippen molar-refractivity contribution in [3.8, 4) is 0 Å². The van der Waals surface area contributed by atoms with Crippen molar-refractivity contribution in [1.82, 2.24) is 4.98 Å². The molecule has 0 aliphatic heterocycles. The fourth-order valence-corrected chi connectivity index (χ4v) is 1.25. The van der Waals surface area contributed by atoms with Crippen molar-refractivity contribution in [2.75, 3.05) is 0 Å². The summed E-state index contributed by atoms with van der Waals surface area (Å²) in [6.45, 7) is 5.50. The molecule has 0 aliphatic carbocycles. The first-order valence-corrected chi connectivity index (χ1v) is 3.83. The predicted molar refractivity (Wildman–Crippen MR) is 48.3 cm³/mol. The molecule has 4 heteroatoms. The number of rotatable bonds is 1. The monoisotopic (exact) mass is 165 g/mol. The van der Waals surface area contributed by atoms with Gasteiger partial charge in [-0.1, -0.05) is 0 Å². The Bertz CT molecular complexity index is 299. The van der Waals surface area contributed by atoms with Gasteiger partial charge in [0.2, 0.25) is 0 Å². The first-order valence-electron chi connectivity index (χ1n) is 3.83. The van der Waals surface area contributed by atoms with Gasteiger partial charge in [0.25, 0.3) is 0 Å². The topological polar surface area (TPSA) is 53.4 Å². The Kier molecular flexibility index (Phi) is 2.50. The second-order valence-corrected chi connectivity index (χ2v) is 2.94. The number of pyridine rings is 1. The van der Waals surface area contributed by atoms with Crippen LogP contribution in [0, 0.1) is 20.8 Å². The summed E-state index contributed by atoms with van der Waals surface area (Å²) in [6, 6.07) is 0. The quantitative estimate of drug-likeness (QED) is 0.561. The highest BCUT2D eigenvalue weighted by atomic mass is 16.4. The third kappa shape index (κ3) is 1.49. The summed E-state index contributed by atoms with van der Waals surface area (Å²) in [6.07, 6.45) is 1.65. The molecule has 0 aliphatic rings. The minimum absolute atomic E-state index is 0.572. The van der Waals surface area contributed by atoms with Crippen molar-refractivity contribution in [3.05, 3.63) is 23.0 Å². The third-order valence-electron chi connectivity index (χ3n) is 2.08. The summed E-state index contributed by atoms with van der Waals surface area (Å²) < 4.78 is 0. The fraction of sp³-hybridized carbons (Fsp3) is 0.375. The van der Waals surface area contributed by atoms with Crippen LogP contribution in [0.5, 0.6) is 0 Å². The van der Waals surface area contributed by atoms with Crippen LogP contribution < -0.4 is 5.46 Å². The number of aryl methyl sites for hydroxylation is 2. The van der Waals surface area contributed by atoms with E-state index in [0.717, 1.165) is 16.8 Å². The minimum Gasteiger partial charge on any atom is -0.423 e. The van der Waals surface area contributed by atoms with Crippen LogP contribution in [-0.2, 0) is 0 Å². The van der Waals surface area contributed by atoms with Gasteiger partial charge in [0.05, 0.1) is 0 Å². The fourth-order valence-electron chi connectivity index (χ4n) is 1.25. The van der Waals surface area contributed by atoms with Gasteiger partial charge in [-0.25, -0.2) is 0 Å². The van der Waals surface area contributed by atoms with Gasteiger partial charge in [0.1, 0.15) is 0 Å². The first kappa shape index (κ1) is 9.22. The largest absolute Gasteiger partial charge is 0.489 e. The summed E-state index contributed by atoms with van der Waals surface area (Å²) in [5.74, 6) is 0. The number of hydrogen-bond donors (Lipinski definition) is 2. The second kappa shape index (κ2) is 3.25. The van der Waals surface area contributed by atoms with Crippen LogP contribution in [0.4, 0.5) is 0 Å². The maximum Gasteiger partial charge on any atom is 0.489 e. The molecular formula is C8H12BNO2. The lowest BCUT2D eigenvalue weighted by atomic mass is 9.75. The molecule has 0 saturated heterocycles. The Balaban J connectivity index is 3.33. The highest BCUT2D eigenvalue weighted by Crippen LogP contribution is 2.03. The van der Waals surface area contributed by atoms with Crippen molar-refractivity contribution < 1.29 is 10.0 Å².